The van der Waals surface area contributed by atoms with Crippen molar-refractivity contribution in [3.63, 3.8) is 0 Å². The van der Waals surface area contributed by atoms with Crippen molar-refractivity contribution in [2.75, 3.05) is 19.8 Å². The fraction of sp³-hybridized carbons (Fsp3) is 0.235. The first-order valence-corrected chi connectivity index (χ1v) is 9.15. The minimum atomic E-state index is -1.25. The third-order valence-corrected chi connectivity index (χ3v) is 4.77. The highest BCUT2D eigenvalue weighted by atomic mass is 79.9. The lowest BCUT2D eigenvalue weighted by molar-refractivity contribution is -0.140. The predicted molar refractivity (Wildman–Crippen MR) is 101 cm³/mol. The van der Waals surface area contributed by atoms with Crippen molar-refractivity contribution < 1.29 is 29.0 Å². The predicted octanol–water partition coefficient (Wildman–Crippen LogP) is 3.53. The SMILES string of the molecule is C=CCOc1cc(Br)c(/C=C2/SC(=O)N(CC(=O)O)C2=O)cc1OCC. The zero-order valence-electron chi connectivity index (χ0n) is 13.9. The highest BCUT2D eigenvalue weighted by molar-refractivity contribution is 9.10. The van der Waals surface area contributed by atoms with Gasteiger partial charge in [-0.3, -0.25) is 19.3 Å². The largest absolute Gasteiger partial charge is 0.490 e. The molecule has 0 aliphatic carbocycles. The second-order valence-corrected chi connectivity index (χ2v) is 6.86. The molecule has 7 nitrogen and oxygen atoms in total. The van der Waals surface area contributed by atoms with Gasteiger partial charge in [-0.1, -0.05) is 28.6 Å². The number of hydrogen-bond acceptors (Lipinski definition) is 6. The molecule has 1 heterocycles. The minimum Gasteiger partial charge on any atom is -0.490 e. The lowest BCUT2D eigenvalue weighted by Crippen LogP contribution is -2.33. The topological polar surface area (TPSA) is 93.1 Å². The van der Waals surface area contributed by atoms with E-state index < -0.39 is 23.7 Å². The number of aliphatic carboxylic acids is 1. The summed E-state index contributed by atoms with van der Waals surface area (Å²) in [4.78, 5) is 35.7. The average Bonchev–Trinajstić information content (AvgIpc) is 2.83. The monoisotopic (exact) mass is 441 g/mol. The lowest BCUT2D eigenvalue weighted by Gasteiger charge is -2.13. The van der Waals surface area contributed by atoms with Crippen LogP contribution in [0.25, 0.3) is 6.08 Å². The molecule has 0 atom stereocenters. The van der Waals surface area contributed by atoms with Gasteiger partial charge in [-0.25, -0.2) is 0 Å². The molecule has 2 amide bonds. The molecule has 0 spiro atoms. The number of amides is 2. The van der Waals surface area contributed by atoms with Gasteiger partial charge in [0.2, 0.25) is 0 Å². The number of carbonyl (C=O) groups excluding carboxylic acids is 2. The molecule has 1 fully saturated rings. The van der Waals surface area contributed by atoms with E-state index in [1.165, 1.54) is 6.08 Å². The fourth-order valence-corrected chi connectivity index (χ4v) is 3.37. The number of thioether (sulfide) groups is 1. The van der Waals surface area contributed by atoms with Gasteiger partial charge in [0.05, 0.1) is 11.5 Å². The number of imide groups is 1. The third-order valence-electron chi connectivity index (χ3n) is 3.17. The highest BCUT2D eigenvalue weighted by Crippen LogP contribution is 2.38. The zero-order chi connectivity index (χ0) is 19.3. The van der Waals surface area contributed by atoms with Crippen LogP contribution >= 0.6 is 27.7 Å². The van der Waals surface area contributed by atoms with E-state index in [-0.39, 0.29) is 4.91 Å². The van der Waals surface area contributed by atoms with Crippen molar-refractivity contribution in [3.05, 3.63) is 39.7 Å². The van der Waals surface area contributed by atoms with Crippen LogP contribution in [-0.2, 0) is 9.59 Å². The molecule has 0 saturated carbocycles. The summed E-state index contributed by atoms with van der Waals surface area (Å²) in [5.74, 6) is -0.903. The normalized spacial score (nSPS) is 15.5. The van der Waals surface area contributed by atoms with Gasteiger partial charge in [0.1, 0.15) is 13.2 Å². The van der Waals surface area contributed by atoms with Gasteiger partial charge in [0, 0.05) is 4.47 Å². The van der Waals surface area contributed by atoms with Crippen LogP contribution in [0.2, 0.25) is 0 Å². The second kappa shape index (κ2) is 8.91. The van der Waals surface area contributed by atoms with Crippen molar-refractivity contribution >= 4 is 50.9 Å². The molecule has 9 heteroatoms. The maximum Gasteiger partial charge on any atom is 0.323 e. The molecule has 138 valence electrons. The molecule has 26 heavy (non-hydrogen) atoms. The lowest BCUT2D eigenvalue weighted by atomic mass is 10.2. The molecule has 2 rings (SSSR count). The smallest absolute Gasteiger partial charge is 0.323 e. The van der Waals surface area contributed by atoms with Gasteiger partial charge >= 0.3 is 5.97 Å². The molecule has 1 aliphatic heterocycles. The second-order valence-electron chi connectivity index (χ2n) is 5.01. The van der Waals surface area contributed by atoms with Crippen LogP contribution in [0, 0.1) is 0 Å². The molecule has 1 aromatic rings. The molecular formula is C17H16BrNO6S. The minimum absolute atomic E-state index is 0.138. The van der Waals surface area contributed by atoms with Crippen LogP contribution in [0.15, 0.2) is 34.2 Å². The van der Waals surface area contributed by atoms with Crippen LogP contribution in [0.1, 0.15) is 12.5 Å². The molecule has 0 bridgehead atoms. The zero-order valence-corrected chi connectivity index (χ0v) is 16.3. The number of ether oxygens (including phenoxy) is 2. The first kappa shape index (κ1) is 20.1. The average molecular weight is 442 g/mol. The van der Waals surface area contributed by atoms with Crippen LogP contribution in [0.4, 0.5) is 4.79 Å². The number of halogens is 1. The first-order valence-electron chi connectivity index (χ1n) is 7.54. The fourth-order valence-electron chi connectivity index (χ4n) is 2.10. The highest BCUT2D eigenvalue weighted by Gasteiger charge is 2.36. The Kier molecular flexibility index (Phi) is 6.87. The Morgan fingerprint density at radius 2 is 2.04 bits per heavy atom. The molecule has 1 N–H and O–H groups in total. The number of carbonyl (C=O) groups is 3. The van der Waals surface area contributed by atoms with E-state index in [9.17, 15) is 14.4 Å². The van der Waals surface area contributed by atoms with Gasteiger partial charge in [0.15, 0.2) is 11.5 Å². The van der Waals surface area contributed by atoms with Crippen molar-refractivity contribution in [1.29, 1.82) is 0 Å². The number of benzene rings is 1. The van der Waals surface area contributed by atoms with E-state index in [0.29, 0.717) is 51.4 Å². The van der Waals surface area contributed by atoms with Gasteiger partial charge in [-0.15, -0.1) is 0 Å². The number of carboxylic acid groups (broad SMARTS) is 1. The Hall–Kier alpha value is -2.26. The molecular weight excluding hydrogens is 426 g/mol. The maximum absolute atomic E-state index is 12.3. The molecule has 1 saturated heterocycles. The van der Waals surface area contributed by atoms with Crippen LogP contribution < -0.4 is 9.47 Å². The molecule has 0 radical (unpaired) electrons. The molecule has 0 unspecified atom stereocenters. The Morgan fingerprint density at radius 3 is 2.65 bits per heavy atom. The van der Waals surface area contributed by atoms with E-state index in [1.807, 2.05) is 6.92 Å². The van der Waals surface area contributed by atoms with Crippen molar-refractivity contribution in [2.24, 2.45) is 0 Å². The summed E-state index contributed by atoms with van der Waals surface area (Å²) in [6.45, 7) is 5.48. The summed E-state index contributed by atoms with van der Waals surface area (Å²) in [6, 6.07) is 3.37. The van der Waals surface area contributed by atoms with Crippen LogP contribution in [0.5, 0.6) is 11.5 Å². The van der Waals surface area contributed by atoms with E-state index in [2.05, 4.69) is 22.5 Å². The Morgan fingerprint density at radius 1 is 1.35 bits per heavy atom. The number of hydrogen-bond donors (Lipinski definition) is 1. The number of rotatable bonds is 8. The Labute approximate surface area is 162 Å². The molecule has 0 aromatic heterocycles. The van der Waals surface area contributed by atoms with Crippen LogP contribution in [-0.4, -0.2) is 46.9 Å². The Balaban J connectivity index is 2.36. The van der Waals surface area contributed by atoms with Gasteiger partial charge in [-0.2, -0.15) is 0 Å². The van der Waals surface area contributed by atoms with Gasteiger partial charge < -0.3 is 14.6 Å². The first-order chi connectivity index (χ1) is 12.4. The summed E-state index contributed by atoms with van der Waals surface area (Å²) in [5.41, 5.74) is 0.597. The van der Waals surface area contributed by atoms with Crippen molar-refractivity contribution in [3.8, 4) is 11.5 Å². The van der Waals surface area contributed by atoms with Crippen molar-refractivity contribution in [1.82, 2.24) is 4.90 Å². The number of nitrogens with zero attached hydrogens (tertiary/aromatic N) is 1. The van der Waals surface area contributed by atoms with Crippen molar-refractivity contribution in [2.45, 2.75) is 6.92 Å². The third kappa shape index (κ3) is 4.67. The van der Waals surface area contributed by atoms with E-state index in [1.54, 1.807) is 18.2 Å². The Bertz CT molecular complexity index is 792. The standard InChI is InChI=1S/C17H16BrNO6S/c1-3-5-25-13-8-11(18)10(6-12(13)24-4-2)7-14-16(22)19(9-15(20)21)17(23)26-14/h3,6-8H,1,4-5,9H2,2H3,(H,20,21)/b14-7+. The molecule has 1 aliphatic rings. The quantitative estimate of drug-likeness (QED) is 0.486. The van der Waals surface area contributed by atoms with Gasteiger partial charge in [0.25, 0.3) is 11.1 Å². The summed E-state index contributed by atoms with van der Waals surface area (Å²) in [5, 5.41) is 8.19. The van der Waals surface area contributed by atoms with E-state index in [0.717, 1.165) is 0 Å². The summed E-state index contributed by atoms with van der Waals surface area (Å²) < 4.78 is 11.7. The molecule has 1 aromatic carbocycles. The summed E-state index contributed by atoms with van der Waals surface area (Å²) in [6.07, 6.45) is 3.12. The summed E-state index contributed by atoms with van der Waals surface area (Å²) >= 11 is 4.10. The van der Waals surface area contributed by atoms with Crippen LogP contribution in [0.3, 0.4) is 0 Å². The van der Waals surface area contributed by atoms with E-state index >= 15 is 0 Å². The number of carboxylic acids is 1. The maximum atomic E-state index is 12.3. The van der Waals surface area contributed by atoms with E-state index in [4.69, 9.17) is 14.6 Å². The summed E-state index contributed by atoms with van der Waals surface area (Å²) in [7, 11) is 0. The van der Waals surface area contributed by atoms with Gasteiger partial charge in [-0.05, 0) is 42.5 Å².